The molecule has 0 bridgehead atoms. The standard InChI is InChI=1S/C7H11N3O/c1-3-10-7(6(8)11)4-5(7)9-2/h5,9H,1,4H2,2H3,(H2,8,11). The third-order valence-electron chi connectivity index (χ3n) is 1.99. The Bertz CT molecular complexity index is 228. The molecule has 1 saturated carbocycles. The van der Waals surface area contributed by atoms with Gasteiger partial charge in [-0.3, -0.25) is 4.79 Å². The third kappa shape index (κ3) is 1.06. The Morgan fingerprint density at radius 1 is 2.00 bits per heavy atom. The first-order chi connectivity index (χ1) is 5.17. The molecule has 0 spiro atoms. The van der Waals surface area contributed by atoms with E-state index in [0.717, 1.165) is 0 Å². The molecule has 0 aromatic heterocycles. The van der Waals surface area contributed by atoms with E-state index in [0.29, 0.717) is 6.42 Å². The van der Waals surface area contributed by atoms with Gasteiger partial charge in [-0.15, -0.1) is 0 Å². The summed E-state index contributed by atoms with van der Waals surface area (Å²) in [5, 5.41) is 2.93. The van der Waals surface area contributed by atoms with Crippen LogP contribution in [0.2, 0.25) is 0 Å². The Morgan fingerprint density at radius 2 is 2.64 bits per heavy atom. The highest BCUT2D eigenvalue weighted by atomic mass is 16.1. The zero-order valence-electron chi connectivity index (χ0n) is 6.42. The molecule has 3 N–H and O–H groups in total. The lowest BCUT2D eigenvalue weighted by Crippen LogP contribution is -2.35. The second-order valence-electron chi connectivity index (χ2n) is 2.60. The molecule has 1 aliphatic carbocycles. The van der Waals surface area contributed by atoms with Gasteiger partial charge in [0.15, 0.2) is 5.54 Å². The number of hydrogen-bond donors (Lipinski definition) is 2. The number of rotatable bonds is 3. The van der Waals surface area contributed by atoms with Crippen molar-refractivity contribution in [3.8, 4) is 0 Å². The smallest absolute Gasteiger partial charge is 0.247 e. The van der Waals surface area contributed by atoms with Gasteiger partial charge in [-0.05, 0) is 19.5 Å². The summed E-state index contributed by atoms with van der Waals surface area (Å²) in [6, 6.07) is 0.0641. The summed E-state index contributed by atoms with van der Waals surface area (Å²) < 4.78 is 0. The molecule has 4 nitrogen and oxygen atoms in total. The largest absolute Gasteiger partial charge is 0.367 e. The van der Waals surface area contributed by atoms with Gasteiger partial charge in [0.05, 0.1) is 0 Å². The molecule has 1 aliphatic rings. The van der Waals surface area contributed by atoms with Crippen molar-refractivity contribution in [2.24, 2.45) is 10.7 Å². The Kier molecular flexibility index (Phi) is 1.81. The van der Waals surface area contributed by atoms with Gasteiger partial charge in [0, 0.05) is 12.5 Å². The molecule has 60 valence electrons. The van der Waals surface area contributed by atoms with E-state index < -0.39 is 11.4 Å². The average Bonchev–Trinajstić information content (AvgIpc) is 2.65. The van der Waals surface area contributed by atoms with E-state index in [4.69, 9.17) is 5.73 Å². The molecule has 0 aromatic rings. The van der Waals surface area contributed by atoms with Crippen LogP contribution in [-0.2, 0) is 4.79 Å². The Labute approximate surface area is 65.2 Å². The first-order valence-electron chi connectivity index (χ1n) is 3.38. The first-order valence-corrected chi connectivity index (χ1v) is 3.38. The maximum Gasteiger partial charge on any atom is 0.247 e. The molecule has 1 fully saturated rings. The van der Waals surface area contributed by atoms with Crippen molar-refractivity contribution in [2.45, 2.75) is 18.0 Å². The number of nitrogens with one attached hydrogen (secondary N) is 1. The summed E-state index contributed by atoms with van der Waals surface area (Å²) in [6.45, 7) is 3.31. The summed E-state index contributed by atoms with van der Waals surface area (Å²) >= 11 is 0. The van der Waals surface area contributed by atoms with Crippen molar-refractivity contribution < 1.29 is 4.79 Å². The van der Waals surface area contributed by atoms with E-state index in [9.17, 15) is 4.79 Å². The van der Waals surface area contributed by atoms with E-state index >= 15 is 0 Å². The molecule has 11 heavy (non-hydrogen) atoms. The van der Waals surface area contributed by atoms with Gasteiger partial charge in [-0.1, -0.05) is 0 Å². The molecule has 0 aliphatic heterocycles. The Morgan fingerprint density at radius 3 is 2.91 bits per heavy atom. The third-order valence-corrected chi connectivity index (χ3v) is 1.99. The van der Waals surface area contributed by atoms with Gasteiger partial charge >= 0.3 is 0 Å². The van der Waals surface area contributed by atoms with Gasteiger partial charge in [0.2, 0.25) is 5.91 Å². The fraction of sp³-hybridized carbons (Fsp3) is 0.571. The first kappa shape index (κ1) is 7.98. The van der Waals surface area contributed by atoms with Crippen molar-refractivity contribution in [1.29, 1.82) is 0 Å². The van der Waals surface area contributed by atoms with Crippen molar-refractivity contribution in [1.82, 2.24) is 5.32 Å². The predicted octanol–water partition coefficient (Wildman–Crippen LogP) is -0.942. The molecule has 1 rings (SSSR count). The molecule has 2 unspecified atom stereocenters. The van der Waals surface area contributed by atoms with E-state index in [1.807, 2.05) is 0 Å². The number of likely N-dealkylation sites (N-methyl/N-ethyl adjacent to an activating group) is 1. The Hall–Kier alpha value is -1.12. The highest BCUT2D eigenvalue weighted by Gasteiger charge is 2.59. The van der Waals surface area contributed by atoms with Gasteiger partial charge in [-0.2, -0.15) is 0 Å². The predicted molar refractivity (Wildman–Crippen MR) is 42.5 cm³/mol. The molecule has 0 heterocycles. The van der Waals surface area contributed by atoms with Crippen LogP contribution in [0.25, 0.3) is 0 Å². The summed E-state index contributed by atoms with van der Waals surface area (Å²) in [4.78, 5) is 14.7. The van der Waals surface area contributed by atoms with Crippen LogP contribution < -0.4 is 11.1 Å². The number of aliphatic imine (C=N–C) groups is 1. The normalized spacial score (nSPS) is 34.1. The molecule has 1 amide bonds. The number of carbonyl (C=O) groups is 1. The van der Waals surface area contributed by atoms with Crippen molar-refractivity contribution >= 4 is 11.8 Å². The van der Waals surface area contributed by atoms with Crippen LogP contribution in [0.3, 0.4) is 0 Å². The fourth-order valence-corrected chi connectivity index (χ4v) is 1.19. The van der Waals surface area contributed by atoms with E-state index in [1.165, 1.54) is 0 Å². The summed E-state index contributed by atoms with van der Waals surface area (Å²) in [6.07, 6.45) is 0.654. The van der Waals surface area contributed by atoms with Crippen LogP contribution in [0, 0.1) is 0 Å². The van der Waals surface area contributed by atoms with Gasteiger partial charge in [0.25, 0.3) is 0 Å². The summed E-state index contributed by atoms with van der Waals surface area (Å²) in [5.74, 6) is 1.94. The van der Waals surface area contributed by atoms with Crippen molar-refractivity contribution in [2.75, 3.05) is 7.05 Å². The van der Waals surface area contributed by atoms with Crippen LogP contribution in [0.1, 0.15) is 6.42 Å². The SMILES string of the molecule is C=C=NC1(C(N)=O)CC1NC. The minimum Gasteiger partial charge on any atom is -0.367 e. The zero-order chi connectivity index (χ0) is 8.48. The van der Waals surface area contributed by atoms with E-state index in [1.54, 1.807) is 7.05 Å². The van der Waals surface area contributed by atoms with Crippen LogP contribution in [-0.4, -0.2) is 30.4 Å². The van der Waals surface area contributed by atoms with Crippen LogP contribution in [0.4, 0.5) is 0 Å². The number of nitrogens with zero attached hydrogens (tertiary/aromatic N) is 1. The van der Waals surface area contributed by atoms with Crippen molar-refractivity contribution in [3.63, 3.8) is 0 Å². The minimum absolute atomic E-state index is 0.0641. The minimum atomic E-state index is -0.753. The highest BCUT2D eigenvalue weighted by Crippen LogP contribution is 2.39. The maximum atomic E-state index is 10.9. The summed E-state index contributed by atoms with van der Waals surface area (Å²) in [7, 11) is 1.77. The number of carbonyl (C=O) groups excluding carboxylic acids is 1. The lowest BCUT2D eigenvalue weighted by Gasteiger charge is -2.03. The van der Waals surface area contributed by atoms with E-state index in [2.05, 4.69) is 22.8 Å². The average molecular weight is 153 g/mol. The maximum absolute atomic E-state index is 10.9. The van der Waals surface area contributed by atoms with Gasteiger partial charge in [-0.25, -0.2) is 4.99 Å². The highest BCUT2D eigenvalue weighted by molar-refractivity contribution is 5.91. The van der Waals surface area contributed by atoms with Crippen LogP contribution in [0.5, 0.6) is 0 Å². The second kappa shape index (κ2) is 2.49. The molecular weight excluding hydrogens is 142 g/mol. The lowest BCUT2D eigenvalue weighted by atomic mass is 10.2. The fourth-order valence-electron chi connectivity index (χ4n) is 1.19. The van der Waals surface area contributed by atoms with Crippen molar-refractivity contribution in [3.05, 3.63) is 6.58 Å². The quantitative estimate of drug-likeness (QED) is 0.514. The molecule has 4 heteroatoms. The topological polar surface area (TPSA) is 67.5 Å². The van der Waals surface area contributed by atoms with Gasteiger partial charge < -0.3 is 11.1 Å². The van der Waals surface area contributed by atoms with E-state index in [-0.39, 0.29) is 6.04 Å². The monoisotopic (exact) mass is 153 g/mol. The van der Waals surface area contributed by atoms with Crippen LogP contribution >= 0.6 is 0 Å². The zero-order valence-corrected chi connectivity index (χ0v) is 6.42. The number of nitrogens with two attached hydrogens (primary N) is 1. The molecule has 2 atom stereocenters. The number of amides is 1. The molecule has 0 aromatic carbocycles. The second-order valence-corrected chi connectivity index (χ2v) is 2.60. The molecule has 0 saturated heterocycles. The number of primary amides is 1. The molecule has 0 radical (unpaired) electrons. The van der Waals surface area contributed by atoms with Gasteiger partial charge in [0.1, 0.15) is 0 Å². The number of hydrogen-bond acceptors (Lipinski definition) is 3. The molecular formula is C7H11N3O. The summed E-state index contributed by atoms with van der Waals surface area (Å²) in [5.41, 5.74) is 4.39. The lowest BCUT2D eigenvalue weighted by molar-refractivity contribution is -0.120. The van der Waals surface area contributed by atoms with Crippen LogP contribution in [0.15, 0.2) is 11.6 Å². The Balaban J connectivity index is 2.78.